The normalized spacial score (nSPS) is 19.3. The molecule has 4 rings (SSSR count). The molecule has 0 unspecified atom stereocenters. The van der Waals surface area contributed by atoms with Gasteiger partial charge in [0.25, 0.3) is 0 Å². The first-order valence-corrected chi connectivity index (χ1v) is 12.6. The molecule has 0 radical (unpaired) electrons. The Morgan fingerprint density at radius 2 is 2.08 bits per heavy atom. The Morgan fingerprint density at radius 1 is 1.34 bits per heavy atom. The molecule has 1 aliphatic heterocycles. The second-order valence-electron chi connectivity index (χ2n) is 10.4. The molecule has 1 aromatic carbocycles. The van der Waals surface area contributed by atoms with Gasteiger partial charge in [-0.15, -0.1) is 6.42 Å². The highest BCUT2D eigenvalue weighted by Gasteiger charge is 2.42. The average molecular weight is 539 g/mol. The van der Waals surface area contributed by atoms with Crippen LogP contribution in [0.5, 0.6) is 5.75 Å². The lowest BCUT2D eigenvalue weighted by molar-refractivity contribution is -0.153. The van der Waals surface area contributed by atoms with Crippen molar-refractivity contribution in [1.29, 1.82) is 0 Å². The van der Waals surface area contributed by atoms with E-state index in [4.69, 9.17) is 38.0 Å². The Kier molecular flexibility index (Phi) is 7.42. The minimum absolute atomic E-state index is 0.0355. The number of hydrogen-bond donors (Lipinski definition) is 1. The van der Waals surface area contributed by atoms with Gasteiger partial charge >= 0.3 is 11.9 Å². The number of halogens is 1. The van der Waals surface area contributed by atoms with E-state index >= 15 is 0 Å². The van der Waals surface area contributed by atoms with Crippen LogP contribution in [0.1, 0.15) is 63.0 Å². The number of fused-ring (bicyclic) bond motifs is 1. The van der Waals surface area contributed by atoms with E-state index in [0.717, 1.165) is 16.7 Å². The Morgan fingerprint density at radius 3 is 2.76 bits per heavy atom. The van der Waals surface area contributed by atoms with Crippen LogP contribution < -0.4 is 10.5 Å². The fourth-order valence-electron chi connectivity index (χ4n) is 5.17. The number of benzene rings is 1. The second kappa shape index (κ2) is 10.3. The summed E-state index contributed by atoms with van der Waals surface area (Å²) in [5.74, 6) is 2.53. The molecule has 9 nitrogen and oxygen atoms in total. The monoisotopic (exact) mass is 538 g/mol. The second-order valence-corrected chi connectivity index (χ2v) is 10.7. The number of nitrogen functional groups attached to an aromatic ring is 1. The van der Waals surface area contributed by atoms with Gasteiger partial charge in [0, 0.05) is 24.1 Å². The van der Waals surface area contributed by atoms with Crippen molar-refractivity contribution in [3.8, 4) is 18.1 Å². The number of aryl methyl sites for hydroxylation is 2. The predicted molar refractivity (Wildman–Crippen MR) is 144 cm³/mol. The molecule has 3 heterocycles. The van der Waals surface area contributed by atoms with Crippen LogP contribution in [0.2, 0.25) is 5.28 Å². The number of carbonyl (C=O) groups excluding carboxylic acids is 2. The zero-order valence-corrected chi connectivity index (χ0v) is 22.9. The van der Waals surface area contributed by atoms with Crippen LogP contribution >= 0.6 is 11.6 Å². The molecular weight excluding hydrogens is 508 g/mol. The van der Waals surface area contributed by atoms with Crippen molar-refractivity contribution in [2.45, 2.75) is 71.1 Å². The SMILES string of the molecule is C#C[C@@]1(COC(=O)CC(C)(C)c2c(C)cc(C)cc2OC(C)=O)CC[C@H](n2ccc3c(N)nc(Cl)nc32)O1. The molecule has 1 saturated heterocycles. The van der Waals surface area contributed by atoms with Crippen LogP contribution in [0.15, 0.2) is 24.4 Å². The molecule has 2 N–H and O–H groups in total. The van der Waals surface area contributed by atoms with Crippen molar-refractivity contribution >= 4 is 40.4 Å². The van der Waals surface area contributed by atoms with Crippen molar-refractivity contribution in [2.24, 2.45) is 0 Å². The third-order valence-electron chi connectivity index (χ3n) is 6.73. The summed E-state index contributed by atoms with van der Waals surface area (Å²) in [6.07, 6.45) is 8.32. The maximum Gasteiger partial charge on any atom is 0.308 e. The van der Waals surface area contributed by atoms with Crippen molar-refractivity contribution in [3.05, 3.63) is 46.4 Å². The molecule has 3 aromatic rings. The van der Waals surface area contributed by atoms with Gasteiger partial charge in [-0.1, -0.05) is 25.8 Å². The smallest absolute Gasteiger partial charge is 0.308 e. The minimum atomic E-state index is -1.09. The zero-order valence-electron chi connectivity index (χ0n) is 22.1. The molecule has 0 saturated carbocycles. The Labute approximate surface area is 226 Å². The van der Waals surface area contributed by atoms with E-state index in [-0.39, 0.29) is 24.1 Å². The summed E-state index contributed by atoms with van der Waals surface area (Å²) in [5.41, 5.74) is 7.39. The van der Waals surface area contributed by atoms with Crippen molar-refractivity contribution in [3.63, 3.8) is 0 Å². The molecule has 0 spiro atoms. The van der Waals surface area contributed by atoms with Crippen LogP contribution in [-0.2, 0) is 24.5 Å². The van der Waals surface area contributed by atoms with Crippen molar-refractivity contribution in [1.82, 2.24) is 14.5 Å². The van der Waals surface area contributed by atoms with Crippen molar-refractivity contribution < 1.29 is 23.8 Å². The number of esters is 2. The first-order valence-electron chi connectivity index (χ1n) is 12.2. The Bertz CT molecular complexity index is 1460. The van der Waals surface area contributed by atoms with Gasteiger partial charge in [-0.05, 0) is 61.5 Å². The van der Waals surface area contributed by atoms with Crippen LogP contribution in [0.25, 0.3) is 11.0 Å². The quantitative estimate of drug-likeness (QED) is 0.197. The third kappa shape index (κ3) is 5.47. The number of rotatable bonds is 7. The lowest BCUT2D eigenvalue weighted by Gasteiger charge is -2.29. The van der Waals surface area contributed by atoms with Gasteiger partial charge < -0.3 is 24.5 Å². The summed E-state index contributed by atoms with van der Waals surface area (Å²) in [6.45, 7) is 8.92. The molecule has 0 bridgehead atoms. The fourth-order valence-corrected chi connectivity index (χ4v) is 5.35. The van der Waals surface area contributed by atoms with E-state index in [0.29, 0.717) is 29.6 Å². The standard InChI is InChI=1S/C28H31ClN4O5/c1-7-28(10-8-21(38-28)33-11-9-19-24(30)31-26(29)32-25(19)33)15-36-22(35)14-27(5,6)23-17(3)12-16(2)13-20(23)37-18(4)34/h1,9,11-13,21H,8,10,14-15H2,2-6H3,(H2,30,31,32)/t21-,28+/m1/s1. The number of hydrogen-bond acceptors (Lipinski definition) is 8. The maximum atomic E-state index is 13.0. The van der Waals surface area contributed by atoms with Crippen LogP contribution in [0.4, 0.5) is 5.82 Å². The lowest BCUT2D eigenvalue weighted by Crippen LogP contribution is -2.35. The van der Waals surface area contributed by atoms with Gasteiger partial charge in [0.2, 0.25) is 5.28 Å². The highest BCUT2D eigenvalue weighted by Crippen LogP contribution is 2.40. The molecule has 0 amide bonds. The first-order chi connectivity index (χ1) is 17.8. The maximum absolute atomic E-state index is 13.0. The summed E-state index contributed by atoms with van der Waals surface area (Å²) in [6, 6.07) is 5.58. The van der Waals surface area contributed by atoms with E-state index < -0.39 is 29.2 Å². The summed E-state index contributed by atoms with van der Waals surface area (Å²) in [5, 5.41) is 0.692. The van der Waals surface area contributed by atoms with Gasteiger partial charge in [-0.2, -0.15) is 4.98 Å². The highest BCUT2D eigenvalue weighted by atomic mass is 35.5. The largest absolute Gasteiger partial charge is 0.461 e. The number of anilines is 1. The summed E-state index contributed by atoms with van der Waals surface area (Å²) in [7, 11) is 0. The molecule has 200 valence electrons. The molecular formula is C28H31ClN4O5. The number of nitrogens with two attached hydrogens (primary N) is 1. The van der Waals surface area contributed by atoms with E-state index in [1.54, 1.807) is 22.9 Å². The van der Waals surface area contributed by atoms with Crippen LogP contribution in [0, 0.1) is 26.2 Å². The molecule has 1 fully saturated rings. The van der Waals surface area contributed by atoms with Crippen molar-refractivity contribution in [2.75, 3.05) is 12.3 Å². The van der Waals surface area contributed by atoms with Gasteiger partial charge in [-0.3, -0.25) is 9.59 Å². The number of ether oxygens (including phenoxy) is 3. The molecule has 2 aromatic heterocycles. The molecule has 38 heavy (non-hydrogen) atoms. The van der Waals surface area contributed by atoms with Gasteiger partial charge in [0.15, 0.2) is 5.60 Å². The van der Waals surface area contributed by atoms with Gasteiger partial charge in [0.1, 0.15) is 30.0 Å². The van der Waals surface area contributed by atoms with Crippen LogP contribution in [-0.4, -0.2) is 38.7 Å². The number of nitrogens with zero attached hydrogens (tertiary/aromatic N) is 3. The predicted octanol–water partition coefficient (Wildman–Crippen LogP) is 4.80. The summed E-state index contributed by atoms with van der Waals surface area (Å²) >= 11 is 6.01. The fraction of sp³-hybridized carbons (Fsp3) is 0.429. The van der Waals surface area contributed by atoms with E-state index in [1.807, 2.05) is 33.8 Å². The lowest BCUT2D eigenvalue weighted by atomic mass is 9.78. The van der Waals surface area contributed by atoms with E-state index in [2.05, 4.69) is 15.9 Å². The topological polar surface area (TPSA) is 119 Å². The minimum Gasteiger partial charge on any atom is -0.461 e. The number of aromatic nitrogens is 3. The van der Waals surface area contributed by atoms with Crippen LogP contribution in [0.3, 0.4) is 0 Å². The van der Waals surface area contributed by atoms with E-state index in [1.165, 1.54) is 6.92 Å². The molecule has 2 atom stereocenters. The first kappa shape index (κ1) is 27.4. The summed E-state index contributed by atoms with van der Waals surface area (Å²) in [4.78, 5) is 33.0. The highest BCUT2D eigenvalue weighted by molar-refractivity contribution is 6.28. The van der Waals surface area contributed by atoms with E-state index in [9.17, 15) is 9.59 Å². The Hall–Kier alpha value is -3.61. The zero-order chi connectivity index (χ0) is 27.8. The van der Waals surface area contributed by atoms with Gasteiger partial charge in [0.05, 0.1) is 11.8 Å². The van der Waals surface area contributed by atoms with Gasteiger partial charge in [-0.25, -0.2) is 4.98 Å². The average Bonchev–Trinajstić information content (AvgIpc) is 3.41. The Balaban J connectivity index is 1.47. The number of terminal acetylenes is 1. The molecule has 0 aliphatic carbocycles. The number of carbonyl (C=O) groups is 2. The molecule has 1 aliphatic rings. The summed E-state index contributed by atoms with van der Waals surface area (Å²) < 4.78 is 19.2. The molecule has 10 heteroatoms. The third-order valence-corrected chi connectivity index (χ3v) is 6.90.